The van der Waals surface area contributed by atoms with Gasteiger partial charge in [-0.25, -0.2) is 4.98 Å². The zero-order valence-electron chi connectivity index (χ0n) is 8.48. The number of nitrogens with zero attached hydrogens (tertiary/aromatic N) is 1. The summed E-state index contributed by atoms with van der Waals surface area (Å²) in [4.78, 5) is 3.80. The van der Waals surface area contributed by atoms with Crippen LogP contribution in [0.2, 0.25) is 0 Å². The summed E-state index contributed by atoms with van der Waals surface area (Å²) in [5, 5.41) is 19.4. The van der Waals surface area contributed by atoms with Crippen LogP contribution in [0.3, 0.4) is 0 Å². The molecule has 17 heavy (non-hydrogen) atoms. The summed E-state index contributed by atoms with van der Waals surface area (Å²) in [5.74, 6) is -0.133. The van der Waals surface area contributed by atoms with E-state index in [1.54, 1.807) is 12.1 Å². The van der Waals surface area contributed by atoms with Gasteiger partial charge < -0.3 is 10.2 Å². The van der Waals surface area contributed by atoms with E-state index in [1.165, 1.54) is 18.2 Å². The first-order valence-electron chi connectivity index (χ1n) is 4.62. The fourth-order valence-corrected chi connectivity index (χ4v) is 1.87. The predicted octanol–water partition coefficient (Wildman–Crippen LogP) is 0.819. The van der Waals surface area contributed by atoms with Crippen molar-refractivity contribution in [3.8, 4) is 5.75 Å². The second-order valence-corrected chi connectivity index (χ2v) is 4.93. The third-order valence-corrected chi connectivity index (χ3v) is 3.06. The molecule has 0 fully saturated rings. The predicted molar refractivity (Wildman–Crippen MR) is 59.9 cm³/mol. The van der Waals surface area contributed by atoms with Crippen LogP contribution < -0.4 is 0 Å². The number of rotatable bonds is 2. The number of phenols is 1. The summed E-state index contributed by atoms with van der Waals surface area (Å²) in [5.41, 5.74) is -2.21. The highest BCUT2D eigenvalue weighted by Gasteiger charge is 2.23. The molecule has 0 spiro atoms. The normalized spacial score (nSPS) is 13.8. The van der Waals surface area contributed by atoms with Gasteiger partial charge in [0.2, 0.25) is 5.44 Å². The van der Waals surface area contributed by atoms with Crippen molar-refractivity contribution in [1.29, 1.82) is 0 Å². The lowest BCUT2D eigenvalue weighted by molar-refractivity contribution is 0.234. The second kappa shape index (κ2) is 3.95. The van der Waals surface area contributed by atoms with E-state index in [4.69, 9.17) is 4.55 Å². The van der Waals surface area contributed by atoms with Crippen LogP contribution in [-0.2, 0) is 10.1 Å². The summed E-state index contributed by atoms with van der Waals surface area (Å²) >= 11 is 0. The van der Waals surface area contributed by atoms with Gasteiger partial charge in [0.15, 0.2) is 0 Å². The number of aliphatic hydroxyl groups excluding tert-OH is 1. The number of benzene rings is 1. The van der Waals surface area contributed by atoms with Crippen molar-refractivity contribution in [2.45, 2.75) is 5.44 Å². The van der Waals surface area contributed by atoms with E-state index >= 15 is 0 Å². The van der Waals surface area contributed by atoms with Gasteiger partial charge in [-0.1, -0.05) is 18.2 Å². The third kappa shape index (κ3) is 2.21. The van der Waals surface area contributed by atoms with Gasteiger partial charge >= 0.3 is 0 Å². The molecule has 1 unspecified atom stereocenters. The summed E-state index contributed by atoms with van der Waals surface area (Å²) in [6.45, 7) is 0. The Morgan fingerprint density at radius 1 is 1.18 bits per heavy atom. The highest BCUT2D eigenvalue weighted by Crippen LogP contribution is 2.25. The Labute approximate surface area is 96.9 Å². The molecule has 6 nitrogen and oxygen atoms in total. The Kier molecular flexibility index (Phi) is 2.74. The van der Waals surface area contributed by atoms with E-state index in [-0.39, 0.29) is 17.0 Å². The fourth-order valence-electron chi connectivity index (χ4n) is 1.44. The first-order valence-corrected chi connectivity index (χ1v) is 6.13. The van der Waals surface area contributed by atoms with Crippen LogP contribution in [0.4, 0.5) is 0 Å². The van der Waals surface area contributed by atoms with E-state index in [1.807, 2.05) is 0 Å². The van der Waals surface area contributed by atoms with Gasteiger partial charge in [0.1, 0.15) is 11.3 Å². The van der Waals surface area contributed by atoms with E-state index in [2.05, 4.69) is 4.98 Å². The van der Waals surface area contributed by atoms with Gasteiger partial charge in [0, 0.05) is 5.39 Å². The van der Waals surface area contributed by atoms with Crippen LogP contribution in [-0.4, -0.2) is 28.2 Å². The molecule has 3 N–H and O–H groups in total. The van der Waals surface area contributed by atoms with E-state index < -0.39 is 15.6 Å². The zero-order valence-corrected chi connectivity index (χ0v) is 9.29. The molecule has 0 amide bonds. The summed E-state index contributed by atoms with van der Waals surface area (Å²) in [7, 11) is -4.63. The third-order valence-electron chi connectivity index (χ3n) is 2.26. The van der Waals surface area contributed by atoms with Crippen molar-refractivity contribution in [1.82, 2.24) is 4.98 Å². The molecule has 1 aromatic heterocycles. The van der Waals surface area contributed by atoms with Crippen molar-refractivity contribution in [2.24, 2.45) is 0 Å². The summed E-state index contributed by atoms with van der Waals surface area (Å²) < 4.78 is 30.2. The minimum absolute atomic E-state index is 0.133. The van der Waals surface area contributed by atoms with Crippen molar-refractivity contribution >= 4 is 21.0 Å². The van der Waals surface area contributed by atoms with Crippen LogP contribution in [0.1, 0.15) is 11.1 Å². The van der Waals surface area contributed by atoms with E-state index in [9.17, 15) is 18.6 Å². The quantitative estimate of drug-likeness (QED) is 0.686. The van der Waals surface area contributed by atoms with Gasteiger partial charge in [-0.15, -0.1) is 0 Å². The maximum Gasteiger partial charge on any atom is 0.298 e. The number of phenolic OH excluding ortho intramolecular Hbond substituents is 1. The molecule has 0 aliphatic heterocycles. The number of para-hydroxylation sites is 1. The first kappa shape index (κ1) is 11.8. The lowest BCUT2D eigenvalue weighted by Gasteiger charge is -2.08. The van der Waals surface area contributed by atoms with Crippen LogP contribution in [0.15, 0.2) is 30.3 Å². The molecule has 1 atom stereocenters. The Hall–Kier alpha value is -1.70. The number of pyridine rings is 1. The molecule has 0 saturated heterocycles. The van der Waals surface area contributed by atoms with E-state index in [0.717, 1.165) is 0 Å². The SMILES string of the molecule is O=S(=O)(O)C(O)c1ccc2cccc(O)c2n1. The highest BCUT2D eigenvalue weighted by molar-refractivity contribution is 7.85. The van der Waals surface area contributed by atoms with Crippen molar-refractivity contribution in [3.63, 3.8) is 0 Å². The number of aromatic nitrogens is 1. The Morgan fingerprint density at radius 2 is 1.88 bits per heavy atom. The van der Waals surface area contributed by atoms with Crippen LogP contribution in [0, 0.1) is 0 Å². The smallest absolute Gasteiger partial charge is 0.298 e. The van der Waals surface area contributed by atoms with Gasteiger partial charge in [-0.2, -0.15) is 8.42 Å². The molecule has 90 valence electrons. The number of hydrogen-bond acceptors (Lipinski definition) is 5. The molecule has 0 aliphatic rings. The van der Waals surface area contributed by atoms with Crippen molar-refractivity contribution in [2.75, 3.05) is 0 Å². The molecular weight excluding hydrogens is 246 g/mol. The fraction of sp³-hybridized carbons (Fsp3) is 0.100. The van der Waals surface area contributed by atoms with Crippen molar-refractivity contribution < 1.29 is 23.2 Å². The Bertz CT molecular complexity index is 667. The topological polar surface area (TPSA) is 108 Å². The minimum atomic E-state index is -4.63. The number of aromatic hydroxyl groups is 1. The molecule has 7 heteroatoms. The molecule has 0 aliphatic carbocycles. The van der Waals surface area contributed by atoms with Gasteiger partial charge in [0.05, 0.1) is 5.69 Å². The lowest BCUT2D eigenvalue weighted by atomic mass is 10.2. The number of fused-ring (bicyclic) bond motifs is 1. The lowest BCUT2D eigenvalue weighted by Crippen LogP contribution is -2.12. The minimum Gasteiger partial charge on any atom is -0.506 e. The zero-order chi connectivity index (χ0) is 12.6. The van der Waals surface area contributed by atoms with Crippen LogP contribution in [0.25, 0.3) is 10.9 Å². The van der Waals surface area contributed by atoms with E-state index in [0.29, 0.717) is 5.39 Å². The van der Waals surface area contributed by atoms with Gasteiger partial charge in [-0.3, -0.25) is 4.55 Å². The largest absolute Gasteiger partial charge is 0.506 e. The van der Waals surface area contributed by atoms with Crippen molar-refractivity contribution in [3.05, 3.63) is 36.0 Å². The molecule has 1 heterocycles. The van der Waals surface area contributed by atoms with Gasteiger partial charge in [0.25, 0.3) is 10.1 Å². The molecule has 2 aromatic rings. The number of aliphatic hydroxyl groups is 1. The Balaban J connectivity index is 2.63. The first-order chi connectivity index (χ1) is 7.89. The molecule has 0 bridgehead atoms. The standard InChI is InChI=1S/C10H9NO5S/c12-8-3-1-2-6-4-5-7(11-9(6)8)10(13)17(14,15)16/h1-5,10,12-13H,(H,14,15,16). The summed E-state index contributed by atoms with van der Waals surface area (Å²) in [6.07, 6.45) is 0. The monoisotopic (exact) mass is 255 g/mol. The molecule has 0 radical (unpaired) electrons. The maximum atomic E-state index is 10.8. The van der Waals surface area contributed by atoms with Crippen LogP contribution in [0.5, 0.6) is 5.75 Å². The Morgan fingerprint density at radius 3 is 2.53 bits per heavy atom. The average Bonchev–Trinajstić information content (AvgIpc) is 2.27. The van der Waals surface area contributed by atoms with Gasteiger partial charge in [-0.05, 0) is 12.1 Å². The summed E-state index contributed by atoms with van der Waals surface area (Å²) in [6, 6.07) is 7.43. The maximum absolute atomic E-state index is 10.8. The van der Waals surface area contributed by atoms with Crippen LogP contribution >= 0.6 is 0 Å². The molecule has 1 aromatic carbocycles. The molecular formula is C10H9NO5S. The second-order valence-electron chi connectivity index (χ2n) is 3.45. The highest BCUT2D eigenvalue weighted by atomic mass is 32.2. The molecule has 0 saturated carbocycles. The number of hydrogen-bond donors (Lipinski definition) is 3. The molecule has 2 rings (SSSR count). The average molecular weight is 255 g/mol.